The number of aryl methyl sites for hydroxylation is 1. The van der Waals surface area contributed by atoms with Gasteiger partial charge in [0.1, 0.15) is 5.84 Å². The predicted molar refractivity (Wildman–Crippen MR) is 179 cm³/mol. The molecule has 0 aliphatic carbocycles. The number of thioether (sulfide) groups is 1. The summed E-state index contributed by atoms with van der Waals surface area (Å²) in [6, 6.07) is 20.0. The molecule has 5 rings (SSSR count). The molecule has 0 bridgehead atoms. The van der Waals surface area contributed by atoms with Crippen molar-refractivity contribution in [3.8, 4) is 0 Å². The molecule has 1 amide bonds. The molecular formula is C30H34N6O5S3. The molecular weight excluding hydrogens is 621 g/mol. The highest BCUT2D eigenvalue weighted by Crippen LogP contribution is 2.38. The second-order valence-electron chi connectivity index (χ2n) is 11.3. The number of hydrogen-bond acceptors (Lipinski definition) is 8. The van der Waals surface area contributed by atoms with E-state index in [9.17, 15) is 21.6 Å². The number of hydrazone groups is 1. The number of fused-ring (bicyclic) bond motifs is 1. The molecule has 0 radical (unpaired) electrons. The van der Waals surface area contributed by atoms with Gasteiger partial charge in [-0.05, 0) is 98.5 Å². The summed E-state index contributed by atoms with van der Waals surface area (Å²) in [5.74, 6) is 0.657. The Bertz CT molecular complexity index is 1870. The van der Waals surface area contributed by atoms with Crippen LogP contribution in [0.3, 0.4) is 0 Å². The van der Waals surface area contributed by atoms with E-state index < -0.39 is 24.8 Å². The fraction of sp³-hybridized carbons (Fsp3) is 0.300. The smallest absolute Gasteiger partial charge is 0.302 e. The standard InChI is InChI=1S/C30H34N6O5S3/c1-30(2)27(32-35(3)29(37)42-30)22-10-17-26-21(19-22)7-6-18-36(26)28(20-8-11-24(12-9-20)33-43(4,38)39)31-23-13-15-25(16-14-23)34-44(5,40)41/h8-17,19,33-34H,6-7,18H2,1-5H3. The molecule has 2 aliphatic heterocycles. The van der Waals surface area contributed by atoms with Crippen molar-refractivity contribution in [2.24, 2.45) is 10.1 Å². The van der Waals surface area contributed by atoms with E-state index >= 15 is 0 Å². The van der Waals surface area contributed by atoms with Crippen LogP contribution in [0.5, 0.6) is 0 Å². The molecule has 11 nitrogen and oxygen atoms in total. The lowest BCUT2D eigenvalue weighted by Gasteiger charge is -2.35. The molecule has 14 heteroatoms. The van der Waals surface area contributed by atoms with Crippen LogP contribution in [0.1, 0.15) is 37.0 Å². The molecule has 3 aromatic carbocycles. The van der Waals surface area contributed by atoms with Gasteiger partial charge >= 0.3 is 5.24 Å². The van der Waals surface area contributed by atoms with Gasteiger partial charge in [0.05, 0.1) is 28.7 Å². The minimum absolute atomic E-state index is 0.0957. The van der Waals surface area contributed by atoms with Crippen molar-refractivity contribution in [2.75, 3.05) is 40.4 Å². The molecule has 3 aromatic rings. The van der Waals surface area contributed by atoms with E-state index in [0.717, 1.165) is 53.4 Å². The minimum Gasteiger partial charge on any atom is -0.326 e. The summed E-state index contributed by atoms with van der Waals surface area (Å²) in [5.41, 5.74) is 6.14. The average Bonchev–Trinajstić information content (AvgIpc) is 2.93. The number of carbonyl (C=O) groups excluding carboxylic acids is 1. The maximum Gasteiger partial charge on any atom is 0.302 e. The third-order valence-electron chi connectivity index (χ3n) is 7.01. The number of nitrogens with one attached hydrogen (secondary N) is 2. The van der Waals surface area contributed by atoms with Gasteiger partial charge in [0.2, 0.25) is 20.0 Å². The quantitative estimate of drug-likeness (QED) is 0.262. The lowest BCUT2D eigenvalue weighted by atomic mass is 9.93. The van der Waals surface area contributed by atoms with Crippen molar-refractivity contribution in [1.82, 2.24) is 5.01 Å². The van der Waals surface area contributed by atoms with Crippen molar-refractivity contribution < 1.29 is 21.6 Å². The first-order valence-electron chi connectivity index (χ1n) is 13.8. The first-order chi connectivity index (χ1) is 20.6. The predicted octanol–water partition coefficient (Wildman–Crippen LogP) is 5.24. The van der Waals surface area contributed by atoms with Gasteiger partial charge in [0.15, 0.2) is 0 Å². The highest BCUT2D eigenvalue weighted by atomic mass is 32.2. The molecule has 0 saturated carbocycles. The molecule has 232 valence electrons. The lowest BCUT2D eigenvalue weighted by molar-refractivity contribution is 0.234. The maximum atomic E-state index is 12.3. The fourth-order valence-electron chi connectivity index (χ4n) is 5.14. The van der Waals surface area contributed by atoms with Gasteiger partial charge in [-0.1, -0.05) is 17.8 Å². The van der Waals surface area contributed by atoms with E-state index in [1.807, 2.05) is 32.0 Å². The molecule has 2 aliphatic rings. The number of sulfonamides is 2. The van der Waals surface area contributed by atoms with Gasteiger partial charge in [-0.2, -0.15) is 5.10 Å². The zero-order chi connectivity index (χ0) is 31.9. The summed E-state index contributed by atoms with van der Waals surface area (Å²) in [6.45, 7) is 4.69. The molecule has 0 fully saturated rings. The number of nitrogens with zero attached hydrogens (tertiary/aromatic N) is 4. The number of benzene rings is 3. The summed E-state index contributed by atoms with van der Waals surface area (Å²) < 4.78 is 51.3. The van der Waals surface area contributed by atoms with Crippen LogP contribution in [-0.2, 0) is 26.5 Å². The van der Waals surface area contributed by atoms with E-state index in [2.05, 4.69) is 31.6 Å². The van der Waals surface area contributed by atoms with E-state index in [-0.39, 0.29) is 5.24 Å². The Labute approximate surface area is 262 Å². The van der Waals surface area contributed by atoms with Crippen LogP contribution in [0.25, 0.3) is 0 Å². The number of amidine groups is 1. The Morgan fingerprint density at radius 2 is 1.50 bits per heavy atom. The molecule has 0 atom stereocenters. The van der Waals surface area contributed by atoms with Crippen molar-refractivity contribution >= 4 is 71.3 Å². The lowest BCUT2D eigenvalue weighted by Crippen LogP contribution is -2.40. The monoisotopic (exact) mass is 654 g/mol. The molecule has 2 heterocycles. The van der Waals surface area contributed by atoms with Crippen molar-refractivity contribution in [3.63, 3.8) is 0 Å². The summed E-state index contributed by atoms with van der Waals surface area (Å²) in [6.07, 6.45) is 3.91. The van der Waals surface area contributed by atoms with E-state index in [0.29, 0.717) is 29.4 Å². The number of carbonyl (C=O) groups is 1. The third-order valence-corrected chi connectivity index (χ3v) is 9.36. The largest absolute Gasteiger partial charge is 0.326 e. The van der Waals surface area contributed by atoms with E-state index in [1.54, 1.807) is 43.4 Å². The van der Waals surface area contributed by atoms with Crippen LogP contribution < -0.4 is 14.3 Å². The van der Waals surface area contributed by atoms with Crippen LogP contribution in [-0.4, -0.2) is 69.5 Å². The third kappa shape index (κ3) is 7.42. The van der Waals surface area contributed by atoms with Crippen LogP contribution in [0, 0.1) is 0 Å². The second-order valence-corrected chi connectivity index (χ2v) is 16.3. The van der Waals surface area contributed by atoms with Crippen LogP contribution in [0.2, 0.25) is 0 Å². The molecule has 0 spiro atoms. The Balaban J connectivity index is 1.56. The average molecular weight is 655 g/mol. The minimum atomic E-state index is -3.44. The first kappa shape index (κ1) is 31.5. The van der Waals surface area contributed by atoms with E-state index in [1.165, 1.54) is 16.8 Å². The van der Waals surface area contributed by atoms with Crippen molar-refractivity contribution in [3.05, 3.63) is 83.4 Å². The van der Waals surface area contributed by atoms with Gasteiger partial charge in [-0.25, -0.2) is 26.8 Å². The summed E-state index contributed by atoms with van der Waals surface area (Å²) in [4.78, 5) is 19.4. The van der Waals surface area contributed by atoms with Gasteiger partial charge < -0.3 is 4.90 Å². The summed E-state index contributed by atoms with van der Waals surface area (Å²) in [7, 11) is -5.20. The van der Waals surface area contributed by atoms with Crippen LogP contribution in [0.15, 0.2) is 76.8 Å². The SMILES string of the molecule is CN1N=C(c2ccc3c(c2)CCCN3C(=Nc2ccc(NS(C)(=O)=O)cc2)c2ccc(NS(C)(=O)=O)cc2)C(C)(C)SC1=O. The van der Waals surface area contributed by atoms with Crippen molar-refractivity contribution in [1.29, 1.82) is 0 Å². The molecule has 0 aromatic heterocycles. The van der Waals surface area contributed by atoms with Gasteiger partial charge in [0.25, 0.3) is 0 Å². The van der Waals surface area contributed by atoms with Crippen LogP contribution >= 0.6 is 11.8 Å². The number of rotatable bonds is 7. The zero-order valence-corrected chi connectivity index (χ0v) is 27.5. The van der Waals surface area contributed by atoms with Crippen LogP contribution in [0.4, 0.5) is 27.5 Å². The molecule has 2 N–H and O–H groups in total. The number of hydrogen-bond donors (Lipinski definition) is 2. The van der Waals surface area contributed by atoms with Gasteiger partial charge in [0, 0.05) is 36.2 Å². The maximum absolute atomic E-state index is 12.3. The fourth-order valence-corrected chi connectivity index (χ4v) is 7.13. The van der Waals surface area contributed by atoms with Gasteiger partial charge in [-0.3, -0.25) is 14.2 Å². The first-order valence-corrected chi connectivity index (χ1v) is 18.4. The molecule has 0 saturated heterocycles. The molecule has 0 unspecified atom stereocenters. The van der Waals surface area contributed by atoms with Gasteiger partial charge in [-0.15, -0.1) is 0 Å². The van der Waals surface area contributed by atoms with E-state index in [4.69, 9.17) is 4.99 Å². The normalized spacial score (nSPS) is 17.2. The Morgan fingerprint density at radius 3 is 2.09 bits per heavy atom. The van der Waals surface area contributed by atoms with Crippen molar-refractivity contribution in [2.45, 2.75) is 31.4 Å². The Morgan fingerprint density at radius 1 is 0.909 bits per heavy atom. The topological polar surface area (TPSA) is 141 Å². The highest BCUT2D eigenvalue weighted by molar-refractivity contribution is 8.15. The Kier molecular flexibility index (Phi) is 8.53. The Hall–Kier alpha value is -3.88. The molecule has 44 heavy (non-hydrogen) atoms. The second kappa shape index (κ2) is 11.9. The highest BCUT2D eigenvalue weighted by Gasteiger charge is 2.37. The summed E-state index contributed by atoms with van der Waals surface area (Å²) >= 11 is 1.25. The number of aliphatic imine (C=N–C) groups is 1. The number of amides is 1. The zero-order valence-electron chi connectivity index (χ0n) is 25.0. The summed E-state index contributed by atoms with van der Waals surface area (Å²) in [5, 5.41) is 5.89. The number of anilines is 3.